The second kappa shape index (κ2) is 5.70. The zero-order valence-corrected chi connectivity index (χ0v) is 12.8. The number of benzene rings is 2. The van der Waals surface area contributed by atoms with E-state index in [0.29, 0.717) is 10.8 Å². The molecule has 0 spiro atoms. The molecule has 0 radical (unpaired) electrons. The Labute approximate surface area is 129 Å². The Bertz CT molecular complexity index is 782. The van der Waals surface area contributed by atoms with E-state index in [1.807, 2.05) is 36.4 Å². The fourth-order valence-electron chi connectivity index (χ4n) is 2.33. The van der Waals surface area contributed by atoms with Gasteiger partial charge in [-0.15, -0.1) is 0 Å². The van der Waals surface area contributed by atoms with Crippen LogP contribution in [0.3, 0.4) is 0 Å². The van der Waals surface area contributed by atoms with Crippen molar-refractivity contribution in [2.24, 2.45) is 0 Å². The van der Waals surface area contributed by atoms with Gasteiger partial charge in [0.2, 0.25) is 0 Å². The summed E-state index contributed by atoms with van der Waals surface area (Å²) in [5.41, 5.74) is 3.08. The third kappa shape index (κ3) is 2.69. The van der Waals surface area contributed by atoms with Crippen molar-refractivity contribution in [3.63, 3.8) is 0 Å². The van der Waals surface area contributed by atoms with E-state index in [0.717, 1.165) is 34.4 Å². The van der Waals surface area contributed by atoms with Gasteiger partial charge in [-0.05, 0) is 49.7 Å². The van der Waals surface area contributed by atoms with Gasteiger partial charge in [0.15, 0.2) is 5.82 Å². The molecule has 0 amide bonds. The first-order valence-corrected chi connectivity index (χ1v) is 7.34. The molecule has 21 heavy (non-hydrogen) atoms. The molecule has 4 heteroatoms. The van der Waals surface area contributed by atoms with E-state index in [1.54, 1.807) is 0 Å². The van der Waals surface area contributed by atoms with Gasteiger partial charge in [0, 0.05) is 22.5 Å². The molecule has 3 nitrogen and oxygen atoms in total. The number of nitrogens with zero attached hydrogens (tertiary/aromatic N) is 2. The molecular formula is C17H16ClN3. The Morgan fingerprint density at radius 1 is 1.05 bits per heavy atom. The summed E-state index contributed by atoms with van der Waals surface area (Å²) in [5, 5.41) is 5.08. The summed E-state index contributed by atoms with van der Waals surface area (Å²) in [4.78, 5) is 9.39. The van der Waals surface area contributed by atoms with Crippen molar-refractivity contribution in [1.29, 1.82) is 0 Å². The van der Waals surface area contributed by atoms with Crippen LogP contribution in [-0.2, 0) is 0 Å². The molecule has 0 atom stereocenters. The third-order valence-electron chi connectivity index (χ3n) is 3.37. The average Bonchev–Trinajstić information content (AvgIpc) is 2.49. The van der Waals surface area contributed by atoms with E-state index in [2.05, 4.69) is 30.2 Å². The molecular weight excluding hydrogens is 282 g/mol. The zero-order chi connectivity index (χ0) is 14.8. The van der Waals surface area contributed by atoms with Crippen LogP contribution >= 0.6 is 11.6 Å². The van der Waals surface area contributed by atoms with Crippen molar-refractivity contribution >= 4 is 28.3 Å². The van der Waals surface area contributed by atoms with E-state index in [4.69, 9.17) is 16.6 Å². The van der Waals surface area contributed by atoms with Gasteiger partial charge in [-0.3, -0.25) is 0 Å². The van der Waals surface area contributed by atoms with Crippen molar-refractivity contribution in [3.05, 3.63) is 53.1 Å². The Kier molecular flexibility index (Phi) is 3.76. The third-order valence-corrected chi connectivity index (χ3v) is 3.63. The number of nitrogens with one attached hydrogen (secondary N) is 1. The van der Waals surface area contributed by atoms with E-state index in [1.165, 1.54) is 0 Å². The second-order valence-corrected chi connectivity index (χ2v) is 5.34. The van der Waals surface area contributed by atoms with Crippen LogP contribution in [-0.4, -0.2) is 16.5 Å². The molecule has 2 aromatic carbocycles. The molecule has 1 aromatic heterocycles. The van der Waals surface area contributed by atoms with Gasteiger partial charge >= 0.3 is 0 Å². The number of hydrogen-bond donors (Lipinski definition) is 1. The SMILES string of the molecule is CCNc1nc(-c2ccc(Cl)cc2)nc2c(C)cccc12. The maximum Gasteiger partial charge on any atom is 0.162 e. The highest BCUT2D eigenvalue weighted by Crippen LogP contribution is 2.27. The molecule has 0 saturated heterocycles. The lowest BCUT2D eigenvalue weighted by atomic mass is 10.1. The van der Waals surface area contributed by atoms with E-state index in [9.17, 15) is 0 Å². The number of fused-ring (bicyclic) bond motifs is 1. The van der Waals surface area contributed by atoms with Crippen LogP contribution in [0.25, 0.3) is 22.3 Å². The highest BCUT2D eigenvalue weighted by atomic mass is 35.5. The molecule has 3 aromatic rings. The lowest BCUT2D eigenvalue weighted by molar-refractivity contribution is 1.14. The molecule has 3 rings (SSSR count). The predicted octanol–water partition coefficient (Wildman–Crippen LogP) is 4.69. The quantitative estimate of drug-likeness (QED) is 0.762. The van der Waals surface area contributed by atoms with Crippen LogP contribution in [0.4, 0.5) is 5.82 Å². The summed E-state index contributed by atoms with van der Waals surface area (Å²) < 4.78 is 0. The number of aryl methyl sites for hydroxylation is 1. The summed E-state index contributed by atoms with van der Waals surface area (Å²) in [6.07, 6.45) is 0. The second-order valence-electron chi connectivity index (χ2n) is 4.90. The lowest BCUT2D eigenvalue weighted by Gasteiger charge is -2.11. The maximum atomic E-state index is 5.95. The van der Waals surface area contributed by atoms with Gasteiger partial charge in [-0.2, -0.15) is 0 Å². The van der Waals surface area contributed by atoms with E-state index >= 15 is 0 Å². The number of anilines is 1. The minimum Gasteiger partial charge on any atom is -0.370 e. The van der Waals surface area contributed by atoms with Crippen molar-refractivity contribution < 1.29 is 0 Å². The fourth-order valence-corrected chi connectivity index (χ4v) is 2.45. The monoisotopic (exact) mass is 297 g/mol. The molecule has 0 unspecified atom stereocenters. The molecule has 0 bridgehead atoms. The Balaban J connectivity index is 2.24. The van der Waals surface area contributed by atoms with Crippen LogP contribution in [0.2, 0.25) is 5.02 Å². The maximum absolute atomic E-state index is 5.95. The highest BCUT2D eigenvalue weighted by Gasteiger charge is 2.10. The van der Waals surface area contributed by atoms with Gasteiger partial charge in [-0.1, -0.05) is 23.7 Å². The first kappa shape index (κ1) is 13.8. The van der Waals surface area contributed by atoms with Gasteiger partial charge in [0.05, 0.1) is 5.52 Å². The normalized spacial score (nSPS) is 10.8. The van der Waals surface area contributed by atoms with E-state index in [-0.39, 0.29) is 0 Å². The van der Waals surface area contributed by atoms with Gasteiger partial charge in [-0.25, -0.2) is 9.97 Å². The minimum atomic E-state index is 0.711. The first-order valence-electron chi connectivity index (χ1n) is 6.96. The Hall–Kier alpha value is -2.13. The smallest absolute Gasteiger partial charge is 0.162 e. The van der Waals surface area contributed by atoms with E-state index < -0.39 is 0 Å². The summed E-state index contributed by atoms with van der Waals surface area (Å²) >= 11 is 5.95. The molecule has 106 valence electrons. The molecule has 0 aliphatic carbocycles. The van der Waals surface area contributed by atoms with Crippen molar-refractivity contribution in [2.45, 2.75) is 13.8 Å². The minimum absolute atomic E-state index is 0.711. The Morgan fingerprint density at radius 2 is 1.81 bits per heavy atom. The van der Waals surface area contributed by atoms with Gasteiger partial charge in [0.25, 0.3) is 0 Å². The predicted molar refractivity (Wildman–Crippen MR) is 88.9 cm³/mol. The zero-order valence-electron chi connectivity index (χ0n) is 12.0. The van der Waals surface area contributed by atoms with Crippen LogP contribution in [0.5, 0.6) is 0 Å². The number of halogens is 1. The molecule has 0 aliphatic rings. The Morgan fingerprint density at radius 3 is 2.52 bits per heavy atom. The number of rotatable bonds is 3. The summed E-state index contributed by atoms with van der Waals surface area (Å²) in [6.45, 7) is 4.95. The number of para-hydroxylation sites is 1. The molecule has 0 aliphatic heterocycles. The molecule has 1 heterocycles. The van der Waals surface area contributed by atoms with Crippen molar-refractivity contribution in [1.82, 2.24) is 9.97 Å². The topological polar surface area (TPSA) is 37.8 Å². The summed E-state index contributed by atoms with van der Waals surface area (Å²) in [7, 11) is 0. The van der Waals surface area contributed by atoms with Gasteiger partial charge in [0.1, 0.15) is 5.82 Å². The summed E-state index contributed by atoms with van der Waals surface area (Å²) in [5.74, 6) is 1.58. The van der Waals surface area contributed by atoms with Crippen LogP contribution in [0.15, 0.2) is 42.5 Å². The molecule has 0 saturated carbocycles. The summed E-state index contributed by atoms with van der Waals surface area (Å²) in [6, 6.07) is 13.7. The van der Waals surface area contributed by atoms with Crippen LogP contribution < -0.4 is 5.32 Å². The van der Waals surface area contributed by atoms with Gasteiger partial charge < -0.3 is 5.32 Å². The first-order chi connectivity index (χ1) is 10.2. The van der Waals surface area contributed by atoms with Crippen molar-refractivity contribution in [3.8, 4) is 11.4 Å². The number of hydrogen-bond acceptors (Lipinski definition) is 3. The average molecular weight is 298 g/mol. The lowest BCUT2D eigenvalue weighted by Crippen LogP contribution is -2.03. The molecule has 0 fully saturated rings. The van der Waals surface area contributed by atoms with Crippen LogP contribution in [0, 0.1) is 6.92 Å². The standard InChI is InChI=1S/C17H16ClN3/c1-3-19-17-14-6-4-5-11(2)15(14)20-16(21-17)12-7-9-13(18)10-8-12/h4-10H,3H2,1-2H3,(H,19,20,21). The fraction of sp³-hybridized carbons (Fsp3) is 0.176. The van der Waals surface area contributed by atoms with Crippen molar-refractivity contribution in [2.75, 3.05) is 11.9 Å². The largest absolute Gasteiger partial charge is 0.370 e. The van der Waals surface area contributed by atoms with Crippen LogP contribution in [0.1, 0.15) is 12.5 Å². The highest BCUT2D eigenvalue weighted by molar-refractivity contribution is 6.30. The molecule has 1 N–H and O–H groups in total. The number of aromatic nitrogens is 2.